The second-order valence-electron chi connectivity index (χ2n) is 5.68. The van der Waals surface area contributed by atoms with E-state index in [1.54, 1.807) is 24.0 Å². The summed E-state index contributed by atoms with van der Waals surface area (Å²) in [6.45, 7) is 4.53. The number of amides is 2. The van der Waals surface area contributed by atoms with Gasteiger partial charge in [-0.25, -0.2) is 4.79 Å². The SMILES string of the molecule is CCOC(=O)c1c(NC(=O)c2ccc(Br)s2)sc2c1CCN(C(C)=O)C2. The lowest BCUT2D eigenvalue weighted by atomic mass is 10.0. The lowest BCUT2D eigenvalue weighted by Crippen LogP contribution is -2.34. The Labute approximate surface area is 167 Å². The number of hydrogen-bond acceptors (Lipinski definition) is 6. The van der Waals surface area contributed by atoms with Gasteiger partial charge in [0.2, 0.25) is 5.91 Å². The number of fused-ring (bicyclic) bond motifs is 1. The fourth-order valence-corrected chi connectivity index (χ4v) is 5.31. The molecule has 0 radical (unpaired) electrons. The molecule has 1 N–H and O–H groups in total. The topological polar surface area (TPSA) is 75.7 Å². The van der Waals surface area contributed by atoms with Gasteiger partial charge in [0, 0.05) is 18.3 Å². The molecule has 9 heteroatoms. The van der Waals surface area contributed by atoms with Crippen LogP contribution in [0.3, 0.4) is 0 Å². The Balaban J connectivity index is 1.94. The highest BCUT2D eigenvalue weighted by molar-refractivity contribution is 9.11. The van der Waals surface area contributed by atoms with Crippen LogP contribution >= 0.6 is 38.6 Å². The summed E-state index contributed by atoms with van der Waals surface area (Å²) in [5.74, 6) is -0.715. The van der Waals surface area contributed by atoms with Gasteiger partial charge in [0.05, 0.1) is 27.4 Å². The fraction of sp³-hybridized carbons (Fsp3) is 0.353. The molecular weight excluding hydrogens is 440 g/mol. The average Bonchev–Trinajstić information content (AvgIpc) is 3.17. The maximum absolute atomic E-state index is 12.5. The molecule has 1 aliphatic heterocycles. The summed E-state index contributed by atoms with van der Waals surface area (Å²) in [7, 11) is 0. The number of halogens is 1. The van der Waals surface area contributed by atoms with Crippen molar-refractivity contribution in [2.75, 3.05) is 18.5 Å². The Morgan fingerprint density at radius 3 is 2.69 bits per heavy atom. The van der Waals surface area contributed by atoms with Gasteiger partial charge in [0.25, 0.3) is 5.91 Å². The number of ether oxygens (including phenoxy) is 1. The molecule has 0 saturated carbocycles. The van der Waals surface area contributed by atoms with Gasteiger partial charge in [-0.2, -0.15) is 0 Å². The van der Waals surface area contributed by atoms with Crippen LogP contribution in [0.15, 0.2) is 15.9 Å². The van der Waals surface area contributed by atoms with Crippen molar-refractivity contribution in [3.8, 4) is 0 Å². The summed E-state index contributed by atoms with van der Waals surface area (Å²) in [5, 5.41) is 3.33. The number of anilines is 1. The Bertz CT molecular complexity index is 874. The summed E-state index contributed by atoms with van der Waals surface area (Å²) < 4.78 is 6.05. The van der Waals surface area contributed by atoms with Crippen molar-refractivity contribution < 1.29 is 19.1 Å². The van der Waals surface area contributed by atoms with E-state index in [0.717, 1.165) is 14.2 Å². The van der Waals surface area contributed by atoms with Gasteiger partial charge < -0.3 is 15.0 Å². The molecule has 0 saturated heterocycles. The second-order valence-corrected chi connectivity index (χ2v) is 9.25. The minimum absolute atomic E-state index is 0.00393. The van der Waals surface area contributed by atoms with E-state index in [-0.39, 0.29) is 18.4 Å². The van der Waals surface area contributed by atoms with Gasteiger partial charge in [-0.1, -0.05) is 0 Å². The monoisotopic (exact) mass is 456 g/mol. The van der Waals surface area contributed by atoms with E-state index in [0.29, 0.717) is 35.0 Å². The summed E-state index contributed by atoms with van der Waals surface area (Å²) >= 11 is 5.99. The third kappa shape index (κ3) is 3.84. The standard InChI is InChI=1S/C17H17BrN2O4S2/c1-3-24-17(23)14-10-6-7-20(9(2)21)8-12(10)26-16(14)19-15(22)11-4-5-13(18)25-11/h4-5H,3,6-8H2,1-2H3,(H,19,22). The second kappa shape index (κ2) is 7.89. The van der Waals surface area contributed by atoms with Crippen molar-refractivity contribution in [1.29, 1.82) is 0 Å². The van der Waals surface area contributed by atoms with Crippen LogP contribution in [0, 0.1) is 0 Å². The van der Waals surface area contributed by atoms with Crippen molar-refractivity contribution >= 4 is 61.4 Å². The van der Waals surface area contributed by atoms with Crippen LogP contribution in [0.25, 0.3) is 0 Å². The van der Waals surface area contributed by atoms with Gasteiger partial charge in [-0.15, -0.1) is 22.7 Å². The first-order valence-electron chi connectivity index (χ1n) is 8.04. The first-order chi connectivity index (χ1) is 12.4. The summed E-state index contributed by atoms with van der Waals surface area (Å²) in [4.78, 5) is 39.9. The van der Waals surface area contributed by atoms with Crippen LogP contribution < -0.4 is 5.32 Å². The van der Waals surface area contributed by atoms with Gasteiger partial charge in [-0.3, -0.25) is 9.59 Å². The molecule has 0 fully saturated rings. The van der Waals surface area contributed by atoms with Crippen molar-refractivity contribution in [3.63, 3.8) is 0 Å². The Morgan fingerprint density at radius 1 is 1.31 bits per heavy atom. The third-order valence-corrected chi connectivity index (χ3v) is 6.76. The van der Waals surface area contributed by atoms with Crippen LogP contribution in [0.4, 0.5) is 5.00 Å². The van der Waals surface area contributed by atoms with Gasteiger partial charge in [-0.05, 0) is 47.0 Å². The van der Waals surface area contributed by atoms with Crippen LogP contribution in [0.1, 0.15) is 44.3 Å². The predicted octanol–water partition coefficient (Wildman–Crippen LogP) is 3.91. The summed E-state index contributed by atoms with van der Waals surface area (Å²) in [6, 6.07) is 3.52. The highest BCUT2D eigenvalue weighted by atomic mass is 79.9. The van der Waals surface area contributed by atoms with E-state index in [4.69, 9.17) is 4.74 Å². The summed E-state index contributed by atoms with van der Waals surface area (Å²) in [6.07, 6.45) is 0.569. The van der Waals surface area contributed by atoms with E-state index in [1.807, 2.05) is 0 Å². The highest BCUT2D eigenvalue weighted by Gasteiger charge is 2.30. The number of carbonyl (C=O) groups is 3. The molecule has 0 aliphatic carbocycles. The van der Waals surface area contributed by atoms with Gasteiger partial charge in [0.1, 0.15) is 5.00 Å². The van der Waals surface area contributed by atoms with Crippen molar-refractivity contribution in [3.05, 3.63) is 36.8 Å². The first-order valence-corrected chi connectivity index (χ1v) is 10.5. The normalized spacial score (nSPS) is 13.3. The van der Waals surface area contributed by atoms with Gasteiger partial charge >= 0.3 is 5.97 Å². The molecular formula is C17H17BrN2O4S2. The Hall–Kier alpha value is -1.71. The van der Waals surface area contributed by atoms with E-state index >= 15 is 0 Å². The van der Waals surface area contributed by atoms with Crippen LogP contribution in [-0.4, -0.2) is 35.8 Å². The zero-order chi connectivity index (χ0) is 18.8. The Morgan fingerprint density at radius 2 is 2.08 bits per heavy atom. The number of carbonyl (C=O) groups excluding carboxylic acids is 3. The molecule has 26 heavy (non-hydrogen) atoms. The first kappa shape index (κ1) is 19.1. The van der Waals surface area contributed by atoms with Crippen LogP contribution in [0.5, 0.6) is 0 Å². The fourth-order valence-electron chi connectivity index (χ4n) is 2.78. The van der Waals surface area contributed by atoms with Crippen LogP contribution in [0.2, 0.25) is 0 Å². The zero-order valence-electron chi connectivity index (χ0n) is 14.3. The van der Waals surface area contributed by atoms with Crippen molar-refractivity contribution in [2.24, 2.45) is 0 Å². The third-order valence-electron chi connectivity index (χ3n) is 4.01. The number of hydrogen-bond donors (Lipinski definition) is 1. The maximum atomic E-state index is 12.5. The predicted molar refractivity (Wildman–Crippen MR) is 105 cm³/mol. The van der Waals surface area contributed by atoms with Crippen molar-refractivity contribution in [2.45, 2.75) is 26.8 Å². The molecule has 0 bridgehead atoms. The lowest BCUT2D eigenvalue weighted by Gasteiger charge is -2.25. The van der Waals surface area contributed by atoms with E-state index in [2.05, 4.69) is 21.2 Å². The molecule has 2 aromatic rings. The van der Waals surface area contributed by atoms with Crippen molar-refractivity contribution in [1.82, 2.24) is 4.90 Å². The zero-order valence-corrected chi connectivity index (χ0v) is 17.5. The molecule has 3 rings (SSSR count). The number of esters is 1. The van der Waals surface area contributed by atoms with E-state index < -0.39 is 5.97 Å². The molecule has 3 heterocycles. The van der Waals surface area contributed by atoms with Crippen LogP contribution in [-0.2, 0) is 22.5 Å². The minimum Gasteiger partial charge on any atom is -0.462 e. The smallest absolute Gasteiger partial charge is 0.341 e. The quantitative estimate of drug-likeness (QED) is 0.707. The number of thiophene rings is 2. The molecule has 138 valence electrons. The molecule has 6 nitrogen and oxygen atoms in total. The molecule has 0 atom stereocenters. The number of nitrogens with zero attached hydrogens (tertiary/aromatic N) is 1. The average molecular weight is 457 g/mol. The molecule has 0 unspecified atom stereocenters. The van der Waals surface area contributed by atoms with E-state index in [1.165, 1.54) is 29.6 Å². The molecule has 0 spiro atoms. The molecule has 0 aromatic carbocycles. The molecule has 1 aliphatic rings. The number of rotatable bonds is 4. The largest absolute Gasteiger partial charge is 0.462 e. The van der Waals surface area contributed by atoms with E-state index in [9.17, 15) is 14.4 Å². The molecule has 2 aromatic heterocycles. The van der Waals surface area contributed by atoms with Gasteiger partial charge in [0.15, 0.2) is 0 Å². The Kier molecular flexibility index (Phi) is 5.79. The molecule has 2 amide bonds. The summed E-state index contributed by atoms with van der Waals surface area (Å²) in [5.41, 5.74) is 1.28. The minimum atomic E-state index is -0.441. The lowest BCUT2D eigenvalue weighted by molar-refractivity contribution is -0.129. The number of nitrogens with one attached hydrogen (secondary N) is 1. The maximum Gasteiger partial charge on any atom is 0.341 e. The highest BCUT2D eigenvalue weighted by Crippen LogP contribution is 2.38.